The zero-order valence-corrected chi connectivity index (χ0v) is 11.4. The second kappa shape index (κ2) is 6.61. The highest BCUT2D eigenvalue weighted by Gasteiger charge is 2.25. The lowest BCUT2D eigenvalue weighted by molar-refractivity contribution is -0.127. The number of carbonyl (C=O) groups is 1. The molecule has 0 spiro atoms. The van der Waals surface area contributed by atoms with Crippen molar-refractivity contribution in [3.63, 3.8) is 0 Å². The van der Waals surface area contributed by atoms with E-state index in [0.29, 0.717) is 0 Å². The predicted octanol–water partition coefficient (Wildman–Crippen LogP) is 1.51. The number of rotatable bonds is 4. The van der Waals surface area contributed by atoms with Crippen molar-refractivity contribution in [1.82, 2.24) is 10.6 Å². The number of amides is 1. The smallest absolute Gasteiger partial charge is 0.226 e. The first kappa shape index (κ1) is 14.8. The van der Waals surface area contributed by atoms with Crippen molar-refractivity contribution in [2.24, 2.45) is 5.92 Å². The van der Waals surface area contributed by atoms with Crippen LogP contribution in [0, 0.1) is 5.92 Å². The maximum Gasteiger partial charge on any atom is 0.226 e. The molecule has 0 aliphatic carbocycles. The lowest BCUT2D eigenvalue weighted by Crippen LogP contribution is -2.51. The molecule has 1 aliphatic heterocycles. The van der Waals surface area contributed by atoms with Crippen LogP contribution in [0.25, 0.3) is 0 Å². The summed E-state index contributed by atoms with van der Waals surface area (Å²) >= 11 is 0. The summed E-state index contributed by atoms with van der Waals surface area (Å²) in [5, 5.41) is 6.11. The van der Waals surface area contributed by atoms with Crippen molar-refractivity contribution in [2.75, 3.05) is 20.2 Å². The fraction of sp³-hybridized carbons (Fsp3) is 0.462. The summed E-state index contributed by atoms with van der Waals surface area (Å²) in [4.78, 5) is 11.8. The number of benzene rings is 1. The van der Waals surface area contributed by atoms with Gasteiger partial charge in [0.2, 0.25) is 5.91 Å². The maximum absolute atomic E-state index is 11.8. The topological polar surface area (TPSA) is 50.4 Å². The molecule has 1 aromatic carbocycles. The highest BCUT2D eigenvalue weighted by atomic mass is 35.5. The van der Waals surface area contributed by atoms with Gasteiger partial charge < -0.3 is 15.4 Å². The van der Waals surface area contributed by atoms with E-state index in [2.05, 4.69) is 10.6 Å². The van der Waals surface area contributed by atoms with Crippen LogP contribution in [-0.4, -0.2) is 26.1 Å². The van der Waals surface area contributed by atoms with E-state index in [1.807, 2.05) is 31.2 Å². The Labute approximate surface area is 114 Å². The molecule has 1 aliphatic rings. The number of ether oxygens (including phenoxy) is 1. The van der Waals surface area contributed by atoms with Gasteiger partial charge in [-0.05, 0) is 24.6 Å². The average Bonchev–Trinajstić information content (AvgIpc) is 2.26. The van der Waals surface area contributed by atoms with Gasteiger partial charge in [0, 0.05) is 13.1 Å². The Bertz CT molecular complexity index is 390. The first-order chi connectivity index (χ1) is 8.20. The van der Waals surface area contributed by atoms with E-state index in [4.69, 9.17) is 4.74 Å². The molecule has 1 fully saturated rings. The number of hydrogen-bond acceptors (Lipinski definition) is 3. The lowest BCUT2D eigenvalue weighted by Gasteiger charge is -2.27. The van der Waals surface area contributed by atoms with E-state index < -0.39 is 0 Å². The number of carbonyl (C=O) groups excluding carboxylic acids is 1. The van der Waals surface area contributed by atoms with E-state index in [1.165, 1.54) is 0 Å². The summed E-state index contributed by atoms with van der Waals surface area (Å²) in [5.74, 6) is 1.10. The Morgan fingerprint density at radius 1 is 1.39 bits per heavy atom. The SMILES string of the molecule is COc1ccc(C(C)NC(=O)C2CNC2)cc1.Cl. The molecule has 1 saturated heterocycles. The van der Waals surface area contributed by atoms with Crippen LogP contribution < -0.4 is 15.4 Å². The van der Waals surface area contributed by atoms with Crippen LogP contribution >= 0.6 is 12.4 Å². The van der Waals surface area contributed by atoms with Gasteiger partial charge in [-0.25, -0.2) is 0 Å². The lowest BCUT2D eigenvalue weighted by atomic mass is 10.0. The first-order valence-electron chi connectivity index (χ1n) is 5.85. The highest BCUT2D eigenvalue weighted by Crippen LogP contribution is 2.17. The number of halogens is 1. The first-order valence-corrected chi connectivity index (χ1v) is 5.85. The molecule has 1 unspecified atom stereocenters. The van der Waals surface area contributed by atoms with Gasteiger partial charge in [0.15, 0.2) is 0 Å². The third-order valence-corrected chi connectivity index (χ3v) is 3.13. The molecule has 100 valence electrons. The van der Waals surface area contributed by atoms with Gasteiger partial charge in [-0.1, -0.05) is 12.1 Å². The number of methoxy groups -OCH3 is 1. The van der Waals surface area contributed by atoms with E-state index in [9.17, 15) is 4.79 Å². The monoisotopic (exact) mass is 270 g/mol. The Hall–Kier alpha value is -1.26. The van der Waals surface area contributed by atoms with Crippen molar-refractivity contribution >= 4 is 18.3 Å². The largest absolute Gasteiger partial charge is 0.497 e. The second-order valence-corrected chi connectivity index (χ2v) is 4.36. The standard InChI is InChI=1S/C13H18N2O2.ClH/c1-9(15-13(16)11-7-14-8-11)10-3-5-12(17-2)6-4-10;/h3-6,9,11,14H,7-8H2,1-2H3,(H,15,16);1H. The molecule has 2 rings (SSSR count). The van der Waals surface area contributed by atoms with Gasteiger partial charge in [0.05, 0.1) is 19.1 Å². The molecule has 4 nitrogen and oxygen atoms in total. The van der Waals surface area contributed by atoms with E-state index >= 15 is 0 Å². The molecule has 0 aromatic heterocycles. The van der Waals surface area contributed by atoms with Crippen molar-refractivity contribution in [3.05, 3.63) is 29.8 Å². The Morgan fingerprint density at radius 3 is 2.44 bits per heavy atom. The molecule has 5 heteroatoms. The fourth-order valence-electron chi connectivity index (χ4n) is 1.78. The minimum Gasteiger partial charge on any atom is -0.497 e. The molecule has 0 saturated carbocycles. The summed E-state index contributed by atoms with van der Waals surface area (Å²) in [7, 11) is 1.64. The van der Waals surface area contributed by atoms with Crippen LogP contribution in [0.5, 0.6) is 5.75 Å². The summed E-state index contributed by atoms with van der Waals surface area (Å²) in [6, 6.07) is 7.80. The summed E-state index contributed by atoms with van der Waals surface area (Å²) < 4.78 is 5.10. The van der Waals surface area contributed by atoms with Crippen molar-refractivity contribution in [1.29, 1.82) is 0 Å². The Balaban J connectivity index is 0.00000162. The molecular formula is C13H19ClN2O2. The van der Waals surface area contributed by atoms with Gasteiger partial charge >= 0.3 is 0 Å². The normalized spacial score (nSPS) is 16.1. The van der Waals surface area contributed by atoms with E-state index in [0.717, 1.165) is 24.4 Å². The molecule has 0 radical (unpaired) electrons. The van der Waals surface area contributed by atoms with Crippen LogP contribution in [0.15, 0.2) is 24.3 Å². The highest BCUT2D eigenvalue weighted by molar-refractivity contribution is 5.85. The van der Waals surface area contributed by atoms with Crippen LogP contribution in [0.1, 0.15) is 18.5 Å². The summed E-state index contributed by atoms with van der Waals surface area (Å²) in [6.45, 7) is 3.58. The molecule has 2 N–H and O–H groups in total. The fourth-order valence-corrected chi connectivity index (χ4v) is 1.78. The van der Waals surface area contributed by atoms with Gasteiger partial charge in [-0.3, -0.25) is 4.79 Å². The number of hydrogen-bond donors (Lipinski definition) is 2. The average molecular weight is 271 g/mol. The van der Waals surface area contributed by atoms with E-state index in [1.54, 1.807) is 7.11 Å². The summed E-state index contributed by atoms with van der Waals surface area (Å²) in [5.41, 5.74) is 1.09. The number of nitrogens with one attached hydrogen (secondary N) is 2. The molecular weight excluding hydrogens is 252 g/mol. The maximum atomic E-state index is 11.8. The molecule has 18 heavy (non-hydrogen) atoms. The zero-order valence-electron chi connectivity index (χ0n) is 10.6. The van der Waals surface area contributed by atoms with Gasteiger partial charge in [-0.15, -0.1) is 12.4 Å². The molecule has 0 bridgehead atoms. The summed E-state index contributed by atoms with van der Waals surface area (Å²) in [6.07, 6.45) is 0. The van der Waals surface area contributed by atoms with Crippen LogP contribution in [0.4, 0.5) is 0 Å². The molecule has 1 atom stereocenters. The van der Waals surface area contributed by atoms with Gasteiger partial charge in [0.1, 0.15) is 5.75 Å². The minimum atomic E-state index is 0. The van der Waals surface area contributed by atoms with Crippen molar-refractivity contribution in [2.45, 2.75) is 13.0 Å². The third-order valence-electron chi connectivity index (χ3n) is 3.13. The van der Waals surface area contributed by atoms with Crippen LogP contribution in [0.2, 0.25) is 0 Å². The quantitative estimate of drug-likeness (QED) is 0.872. The van der Waals surface area contributed by atoms with Gasteiger partial charge in [0.25, 0.3) is 0 Å². The minimum absolute atomic E-state index is 0. The zero-order chi connectivity index (χ0) is 12.3. The van der Waals surface area contributed by atoms with Crippen molar-refractivity contribution < 1.29 is 9.53 Å². The Morgan fingerprint density at radius 2 is 2.00 bits per heavy atom. The van der Waals surface area contributed by atoms with Crippen molar-refractivity contribution in [3.8, 4) is 5.75 Å². The predicted molar refractivity (Wildman–Crippen MR) is 73.2 cm³/mol. The Kier molecular flexibility index (Phi) is 5.44. The molecule has 1 heterocycles. The molecule has 1 aromatic rings. The van der Waals surface area contributed by atoms with Gasteiger partial charge in [-0.2, -0.15) is 0 Å². The van der Waals surface area contributed by atoms with Crippen LogP contribution in [0.3, 0.4) is 0 Å². The third kappa shape index (κ3) is 3.37. The van der Waals surface area contributed by atoms with Crippen LogP contribution in [-0.2, 0) is 4.79 Å². The van der Waals surface area contributed by atoms with E-state index in [-0.39, 0.29) is 30.3 Å². The second-order valence-electron chi connectivity index (χ2n) is 4.36. The molecule has 1 amide bonds.